The van der Waals surface area contributed by atoms with Crippen LogP contribution >= 0.6 is 0 Å². The second kappa shape index (κ2) is 6.23. The molecule has 2 aromatic rings. The Labute approximate surface area is 125 Å². The number of likely N-dealkylation sites (N-methyl/N-ethyl adjacent to an activating group) is 1. The number of nitriles is 1. The lowest BCUT2D eigenvalue weighted by atomic mass is 10.1. The lowest BCUT2D eigenvalue weighted by Crippen LogP contribution is -2.26. The zero-order valence-electron chi connectivity index (χ0n) is 12.6. The second-order valence-electron chi connectivity index (χ2n) is 5.26. The van der Waals surface area contributed by atoms with Crippen LogP contribution in [0.3, 0.4) is 0 Å². The van der Waals surface area contributed by atoms with Gasteiger partial charge in [0.2, 0.25) is 0 Å². The van der Waals surface area contributed by atoms with Crippen molar-refractivity contribution in [3.8, 4) is 6.07 Å². The van der Waals surface area contributed by atoms with Gasteiger partial charge < -0.3 is 4.90 Å². The molecule has 0 aromatic heterocycles. The van der Waals surface area contributed by atoms with Crippen molar-refractivity contribution in [2.45, 2.75) is 13.8 Å². The van der Waals surface area contributed by atoms with Crippen LogP contribution in [0.25, 0.3) is 0 Å². The maximum Gasteiger partial charge on any atom is 0.182 e. The van der Waals surface area contributed by atoms with E-state index in [-0.39, 0.29) is 5.78 Å². The first-order chi connectivity index (χ1) is 10.0. The van der Waals surface area contributed by atoms with E-state index >= 15 is 0 Å². The zero-order valence-corrected chi connectivity index (χ0v) is 12.6. The molecule has 0 bridgehead atoms. The summed E-state index contributed by atoms with van der Waals surface area (Å²) in [6.07, 6.45) is 0. The number of rotatable bonds is 4. The van der Waals surface area contributed by atoms with E-state index in [1.165, 1.54) is 5.56 Å². The van der Waals surface area contributed by atoms with Gasteiger partial charge in [-0.2, -0.15) is 5.26 Å². The van der Waals surface area contributed by atoms with Gasteiger partial charge in [0.15, 0.2) is 5.78 Å². The van der Waals surface area contributed by atoms with Gasteiger partial charge >= 0.3 is 0 Å². The summed E-state index contributed by atoms with van der Waals surface area (Å²) in [6.45, 7) is 4.42. The van der Waals surface area contributed by atoms with Gasteiger partial charge in [-0.1, -0.05) is 29.8 Å². The van der Waals surface area contributed by atoms with Crippen molar-refractivity contribution >= 4 is 11.5 Å². The molecule has 106 valence electrons. The molecule has 0 N–H and O–H groups in total. The highest BCUT2D eigenvalue weighted by molar-refractivity contribution is 5.99. The standard InChI is InChI=1S/C18H18N2O/c1-13-4-9-17(14(2)10-13)20(3)12-18(21)16-7-5-15(11-19)6-8-16/h4-10H,12H2,1-3H3. The van der Waals surface area contributed by atoms with E-state index in [1.54, 1.807) is 24.3 Å². The van der Waals surface area contributed by atoms with Gasteiger partial charge in [-0.05, 0) is 37.6 Å². The fourth-order valence-electron chi connectivity index (χ4n) is 2.36. The average molecular weight is 278 g/mol. The maximum absolute atomic E-state index is 12.3. The SMILES string of the molecule is Cc1ccc(N(C)CC(=O)c2ccc(C#N)cc2)c(C)c1. The molecule has 0 amide bonds. The number of carbonyl (C=O) groups is 1. The van der Waals surface area contributed by atoms with Gasteiger partial charge in [-0.15, -0.1) is 0 Å². The second-order valence-corrected chi connectivity index (χ2v) is 5.26. The van der Waals surface area contributed by atoms with Crippen LogP contribution in [0.4, 0.5) is 5.69 Å². The number of hydrogen-bond donors (Lipinski definition) is 0. The van der Waals surface area contributed by atoms with E-state index in [0.717, 1.165) is 11.3 Å². The summed E-state index contributed by atoms with van der Waals surface area (Å²) in [4.78, 5) is 14.2. The summed E-state index contributed by atoms with van der Waals surface area (Å²) in [7, 11) is 1.92. The molecule has 0 atom stereocenters. The summed E-state index contributed by atoms with van der Waals surface area (Å²) < 4.78 is 0. The Morgan fingerprint density at radius 3 is 2.38 bits per heavy atom. The Morgan fingerprint density at radius 2 is 1.81 bits per heavy atom. The Morgan fingerprint density at radius 1 is 1.14 bits per heavy atom. The number of ketones is 1. The number of benzene rings is 2. The zero-order chi connectivity index (χ0) is 15.4. The first-order valence-corrected chi connectivity index (χ1v) is 6.83. The quantitative estimate of drug-likeness (QED) is 0.804. The summed E-state index contributed by atoms with van der Waals surface area (Å²) in [5.74, 6) is 0.0435. The number of anilines is 1. The van der Waals surface area contributed by atoms with Gasteiger partial charge in [-0.3, -0.25) is 4.79 Å². The monoisotopic (exact) mass is 278 g/mol. The van der Waals surface area contributed by atoms with Crippen molar-refractivity contribution in [1.82, 2.24) is 0 Å². The summed E-state index contributed by atoms with van der Waals surface area (Å²) in [5, 5.41) is 8.77. The van der Waals surface area contributed by atoms with E-state index in [4.69, 9.17) is 5.26 Å². The molecule has 0 saturated carbocycles. The van der Waals surface area contributed by atoms with Gasteiger partial charge in [0.25, 0.3) is 0 Å². The number of Topliss-reactive ketones (excluding diaryl/α,β-unsaturated/α-hetero) is 1. The number of hydrogen-bond acceptors (Lipinski definition) is 3. The van der Waals surface area contributed by atoms with E-state index in [9.17, 15) is 4.79 Å². The number of nitrogens with zero attached hydrogens (tertiary/aromatic N) is 2. The molecule has 2 aromatic carbocycles. The molecule has 0 aliphatic carbocycles. The van der Waals surface area contributed by atoms with Crippen LogP contribution in [0, 0.1) is 25.2 Å². The highest BCUT2D eigenvalue weighted by Crippen LogP contribution is 2.20. The molecule has 0 radical (unpaired) electrons. The van der Waals surface area contributed by atoms with Crippen molar-refractivity contribution in [2.24, 2.45) is 0 Å². The molecule has 0 unspecified atom stereocenters. The third-order valence-corrected chi connectivity index (χ3v) is 3.48. The van der Waals surface area contributed by atoms with Crippen LogP contribution in [0.2, 0.25) is 0 Å². The number of carbonyl (C=O) groups excluding carboxylic acids is 1. The van der Waals surface area contributed by atoms with E-state index in [1.807, 2.05) is 31.0 Å². The minimum Gasteiger partial charge on any atom is -0.367 e. The molecule has 21 heavy (non-hydrogen) atoms. The fraction of sp³-hybridized carbons (Fsp3) is 0.222. The fourth-order valence-corrected chi connectivity index (χ4v) is 2.36. The highest BCUT2D eigenvalue weighted by Gasteiger charge is 2.11. The average Bonchev–Trinajstić information content (AvgIpc) is 2.47. The first kappa shape index (κ1) is 14.8. The summed E-state index contributed by atoms with van der Waals surface area (Å²) in [6, 6.07) is 15.0. The van der Waals surface area contributed by atoms with Gasteiger partial charge in [0.1, 0.15) is 0 Å². The lowest BCUT2D eigenvalue weighted by Gasteiger charge is -2.21. The van der Waals surface area contributed by atoms with Crippen LogP contribution in [0.15, 0.2) is 42.5 Å². The van der Waals surface area contributed by atoms with E-state index in [0.29, 0.717) is 17.7 Å². The number of aryl methyl sites for hydroxylation is 2. The van der Waals surface area contributed by atoms with Gasteiger partial charge in [-0.25, -0.2) is 0 Å². The van der Waals surface area contributed by atoms with Gasteiger partial charge in [0, 0.05) is 18.3 Å². The predicted octanol–water partition coefficient (Wildman–Crippen LogP) is 3.49. The molecule has 0 aliphatic heterocycles. The van der Waals surface area contributed by atoms with Crippen LogP contribution < -0.4 is 4.90 Å². The third-order valence-electron chi connectivity index (χ3n) is 3.48. The van der Waals surface area contributed by atoms with Gasteiger partial charge in [0.05, 0.1) is 18.2 Å². The predicted molar refractivity (Wildman–Crippen MR) is 84.7 cm³/mol. The van der Waals surface area contributed by atoms with Crippen LogP contribution in [-0.2, 0) is 0 Å². The summed E-state index contributed by atoms with van der Waals surface area (Å²) in [5.41, 5.74) is 4.62. The van der Waals surface area contributed by atoms with Crippen LogP contribution in [0.1, 0.15) is 27.0 Å². The normalized spacial score (nSPS) is 10.0. The van der Waals surface area contributed by atoms with Crippen molar-refractivity contribution in [3.05, 3.63) is 64.7 Å². The molecular formula is C18H18N2O. The Bertz CT molecular complexity index is 696. The highest BCUT2D eigenvalue weighted by atomic mass is 16.1. The maximum atomic E-state index is 12.3. The van der Waals surface area contributed by atoms with E-state index < -0.39 is 0 Å². The molecule has 3 nitrogen and oxygen atoms in total. The molecule has 0 aliphatic rings. The first-order valence-electron chi connectivity index (χ1n) is 6.83. The lowest BCUT2D eigenvalue weighted by molar-refractivity contribution is 0.100. The van der Waals surface area contributed by atoms with Crippen LogP contribution in [-0.4, -0.2) is 19.4 Å². The smallest absolute Gasteiger partial charge is 0.182 e. The Kier molecular flexibility index (Phi) is 4.39. The van der Waals surface area contributed by atoms with E-state index in [2.05, 4.69) is 19.1 Å². The topological polar surface area (TPSA) is 44.1 Å². The summed E-state index contributed by atoms with van der Waals surface area (Å²) >= 11 is 0. The molecule has 0 saturated heterocycles. The molecule has 0 heterocycles. The molecular weight excluding hydrogens is 260 g/mol. The molecule has 0 spiro atoms. The van der Waals surface area contributed by atoms with Crippen LogP contribution in [0.5, 0.6) is 0 Å². The van der Waals surface area contributed by atoms with Crippen molar-refractivity contribution in [1.29, 1.82) is 5.26 Å². The Hall–Kier alpha value is -2.60. The third kappa shape index (κ3) is 3.49. The Balaban J connectivity index is 2.13. The van der Waals surface area contributed by atoms with Crippen molar-refractivity contribution in [3.63, 3.8) is 0 Å². The molecule has 0 fully saturated rings. The minimum absolute atomic E-state index is 0.0435. The largest absolute Gasteiger partial charge is 0.367 e. The van der Waals surface area contributed by atoms with Crippen molar-refractivity contribution < 1.29 is 4.79 Å². The minimum atomic E-state index is 0.0435. The van der Waals surface area contributed by atoms with Crippen molar-refractivity contribution in [2.75, 3.05) is 18.5 Å². The molecule has 3 heteroatoms. The molecule has 2 rings (SSSR count).